The number of aromatic nitrogens is 1. The van der Waals surface area contributed by atoms with Crippen LogP contribution in [0.15, 0.2) is 54.6 Å². The number of nitrogens with one attached hydrogen (secondary N) is 1. The van der Waals surface area contributed by atoms with E-state index in [-0.39, 0.29) is 11.6 Å². The van der Waals surface area contributed by atoms with Crippen LogP contribution in [0, 0.1) is 0 Å². The molecule has 0 radical (unpaired) electrons. The first-order chi connectivity index (χ1) is 14.2. The summed E-state index contributed by atoms with van der Waals surface area (Å²) in [6, 6.07) is 18.9. The lowest BCUT2D eigenvalue weighted by Crippen LogP contribution is -2.63. The first-order valence-electron chi connectivity index (χ1n) is 10.9. The summed E-state index contributed by atoms with van der Waals surface area (Å²) in [5.41, 5.74) is 4.23. The lowest BCUT2D eigenvalue weighted by atomic mass is 9.90. The highest BCUT2D eigenvalue weighted by Gasteiger charge is 2.43. The van der Waals surface area contributed by atoms with Gasteiger partial charge in [-0.25, -0.2) is 0 Å². The molecule has 1 fully saturated rings. The zero-order valence-corrected chi connectivity index (χ0v) is 17.2. The third-order valence-electron chi connectivity index (χ3n) is 6.84. The van der Waals surface area contributed by atoms with E-state index < -0.39 is 0 Å². The molecule has 150 valence electrons. The van der Waals surface area contributed by atoms with Crippen molar-refractivity contribution in [3.63, 3.8) is 0 Å². The number of hydrogen-bond donors (Lipinski definition) is 1. The van der Waals surface area contributed by atoms with E-state index in [9.17, 15) is 4.79 Å². The Morgan fingerprint density at radius 2 is 1.79 bits per heavy atom. The Hall–Kier alpha value is -2.59. The summed E-state index contributed by atoms with van der Waals surface area (Å²) >= 11 is 0. The molecule has 3 heterocycles. The van der Waals surface area contributed by atoms with Crippen molar-refractivity contribution >= 4 is 16.8 Å². The second-order valence-corrected chi connectivity index (χ2v) is 8.54. The number of rotatable bonds is 3. The van der Waals surface area contributed by atoms with Gasteiger partial charge in [0.1, 0.15) is 0 Å². The first kappa shape index (κ1) is 18.4. The fraction of sp³-hybridized carbons (Fsp3) is 0.400. The minimum absolute atomic E-state index is 0.188. The number of amides is 1. The van der Waals surface area contributed by atoms with Crippen LogP contribution >= 0.6 is 0 Å². The van der Waals surface area contributed by atoms with Crippen molar-refractivity contribution in [1.82, 2.24) is 14.8 Å². The predicted molar refractivity (Wildman–Crippen MR) is 117 cm³/mol. The maximum absolute atomic E-state index is 13.9. The second-order valence-electron chi connectivity index (χ2n) is 8.54. The van der Waals surface area contributed by atoms with Crippen LogP contribution in [-0.4, -0.2) is 34.1 Å². The van der Waals surface area contributed by atoms with Gasteiger partial charge in [-0.1, -0.05) is 55.0 Å². The number of hydrogen-bond acceptors (Lipinski definition) is 2. The summed E-state index contributed by atoms with van der Waals surface area (Å²) in [5.74, 6) is 0.188. The SMILES string of the molecule is Cn1c2c(c3ccccc31)C(=O)N(C1(Cc3ccccc3)CCCCCN1)CC2. The average molecular weight is 388 g/mol. The third-order valence-corrected chi connectivity index (χ3v) is 6.84. The minimum Gasteiger partial charge on any atom is -0.347 e. The minimum atomic E-state index is -0.302. The monoisotopic (exact) mass is 387 g/mol. The molecule has 2 aliphatic rings. The van der Waals surface area contributed by atoms with Gasteiger partial charge in [-0.2, -0.15) is 0 Å². The predicted octanol–water partition coefficient (Wildman–Crippen LogP) is 4.28. The fourth-order valence-electron chi connectivity index (χ4n) is 5.38. The molecule has 0 aliphatic carbocycles. The van der Waals surface area contributed by atoms with Gasteiger partial charge in [-0.05, 0) is 37.4 Å². The zero-order chi connectivity index (χ0) is 19.8. The molecule has 4 nitrogen and oxygen atoms in total. The maximum atomic E-state index is 13.9. The highest BCUT2D eigenvalue weighted by molar-refractivity contribution is 6.09. The molecule has 1 atom stereocenters. The van der Waals surface area contributed by atoms with E-state index in [1.54, 1.807) is 0 Å². The molecule has 1 amide bonds. The third kappa shape index (κ3) is 3.06. The summed E-state index contributed by atoms with van der Waals surface area (Å²) in [4.78, 5) is 16.1. The van der Waals surface area contributed by atoms with Crippen LogP contribution < -0.4 is 5.32 Å². The van der Waals surface area contributed by atoms with Crippen LogP contribution in [0.5, 0.6) is 0 Å². The standard InChI is InChI=1S/C25H29N3O/c1-27-21-13-7-6-12-20(21)23-22(27)14-17-28(24(23)29)25(15-8-3-9-16-26-25)18-19-10-4-2-5-11-19/h2,4-7,10-13,26H,3,8-9,14-18H2,1H3. The highest BCUT2D eigenvalue weighted by atomic mass is 16.2. The molecule has 1 N–H and O–H groups in total. The number of carbonyl (C=O) groups is 1. The molecule has 0 saturated carbocycles. The molecule has 5 rings (SSSR count). The normalized spacial score (nSPS) is 22.5. The molecule has 4 heteroatoms. The highest BCUT2D eigenvalue weighted by Crippen LogP contribution is 2.36. The molecule has 0 spiro atoms. The van der Waals surface area contributed by atoms with Crippen molar-refractivity contribution in [1.29, 1.82) is 0 Å². The van der Waals surface area contributed by atoms with E-state index in [4.69, 9.17) is 0 Å². The van der Waals surface area contributed by atoms with E-state index in [0.29, 0.717) is 0 Å². The van der Waals surface area contributed by atoms with Crippen molar-refractivity contribution < 1.29 is 4.79 Å². The Morgan fingerprint density at radius 1 is 1.00 bits per heavy atom. The first-order valence-corrected chi connectivity index (χ1v) is 10.9. The summed E-state index contributed by atoms with van der Waals surface area (Å²) in [5, 5.41) is 4.91. The average Bonchev–Trinajstić information content (AvgIpc) is 2.89. The quantitative estimate of drug-likeness (QED) is 0.728. The molecule has 2 aliphatic heterocycles. The van der Waals surface area contributed by atoms with Crippen molar-refractivity contribution in [3.8, 4) is 0 Å². The molecule has 1 aromatic heterocycles. The van der Waals surface area contributed by atoms with Crippen LogP contribution in [0.2, 0.25) is 0 Å². The van der Waals surface area contributed by atoms with Crippen LogP contribution in [-0.2, 0) is 19.9 Å². The van der Waals surface area contributed by atoms with Gasteiger partial charge in [0, 0.05) is 43.0 Å². The second kappa shape index (κ2) is 7.34. The van der Waals surface area contributed by atoms with Crippen LogP contribution in [0.4, 0.5) is 0 Å². The van der Waals surface area contributed by atoms with Gasteiger partial charge < -0.3 is 9.47 Å². The topological polar surface area (TPSA) is 37.3 Å². The van der Waals surface area contributed by atoms with Gasteiger partial charge >= 0.3 is 0 Å². The van der Waals surface area contributed by atoms with Crippen LogP contribution in [0.25, 0.3) is 10.9 Å². The van der Waals surface area contributed by atoms with Gasteiger partial charge in [-0.3, -0.25) is 10.1 Å². The van der Waals surface area contributed by atoms with Crippen LogP contribution in [0.1, 0.15) is 47.3 Å². The fourth-order valence-corrected chi connectivity index (χ4v) is 5.38. The molecule has 3 aromatic rings. The molecule has 2 aromatic carbocycles. The Labute approximate surface area is 172 Å². The maximum Gasteiger partial charge on any atom is 0.257 e. The molecule has 29 heavy (non-hydrogen) atoms. The van der Waals surface area contributed by atoms with Gasteiger partial charge in [0.15, 0.2) is 0 Å². The van der Waals surface area contributed by atoms with E-state index in [1.807, 2.05) is 6.07 Å². The van der Waals surface area contributed by atoms with Gasteiger partial charge in [0.05, 0.1) is 11.2 Å². The Bertz CT molecular complexity index is 1030. The van der Waals surface area contributed by atoms with Crippen molar-refractivity contribution in [2.24, 2.45) is 7.05 Å². The van der Waals surface area contributed by atoms with E-state index in [0.717, 1.165) is 55.2 Å². The number of aryl methyl sites for hydroxylation is 1. The van der Waals surface area contributed by atoms with Crippen molar-refractivity contribution in [3.05, 3.63) is 71.4 Å². The van der Waals surface area contributed by atoms with E-state index in [2.05, 4.69) is 70.4 Å². The molecule has 1 saturated heterocycles. The Morgan fingerprint density at radius 3 is 2.66 bits per heavy atom. The summed E-state index contributed by atoms with van der Waals surface area (Å²) in [6.45, 7) is 1.74. The molecule has 0 bridgehead atoms. The number of fused-ring (bicyclic) bond motifs is 3. The number of carbonyl (C=O) groups excluding carboxylic acids is 1. The van der Waals surface area contributed by atoms with Gasteiger partial charge in [0.2, 0.25) is 0 Å². The summed E-state index contributed by atoms with van der Waals surface area (Å²) < 4.78 is 2.21. The van der Waals surface area contributed by atoms with Crippen molar-refractivity contribution in [2.75, 3.05) is 13.1 Å². The van der Waals surface area contributed by atoms with Crippen LogP contribution in [0.3, 0.4) is 0 Å². The van der Waals surface area contributed by atoms with Gasteiger partial charge in [0.25, 0.3) is 5.91 Å². The summed E-state index contributed by atoms with van der Waals surface area (Å²) in [7, 11) is 2.09. The number of benzene rings is 2. The Balaban J connectivity index is 1.59. The largest absolute Gasteiger partial charge is 0.347 e. The molecular weight excluding hydrogens is 358 g/mol. The summed E-state index contributed by atoms with van der Waals surface area (Å²) in [6.07, 6.45) is 6.34. The number of nitrogens with zero attached hydrogens (tertiary/aromatic N) is 2. The number of para-hydroxylation sites is 1. The Kier molecular flexibility index (Phi) is 4.67. The molecular formula is C25H29N3O. The van der Waals surface area contributed by atoms with Crippen molar-refractivity contribution in [2.45, 2.75) is 44.2 Å². The smallest absolute Gasteiger partial charge is 0.257 e. The van der Waals surface area contributed by atoms with E-state index in [1.165, 1.54) is 24.1 Å². The molecule has 1 unspecified atom stereocenters. The van der Waals surface area contributed by atoms with Gasteiger partial charge in [-0.15, -0.1) is 0 Å². The lowest BCUT2D eigenvalue weighted by Gasteiger charge is -2.46. The van der Waals surface area contributed by atoms with E-state index >= 15 is 0 Å². The lowest BCUT2D eigenvalue weighted by molar-refractivity contribution is 0.0301. The zero-order valence-electron chi connectivity index (χ0n) is 17.2.